The van der Waals surface area contributed by atoms with E-state index in [9.17, 15) is 14.4 Å². The van der Waals surface area contributed by atoms with Crippen LogP contribution in [0, 0.1) is 0 Å². The van der Waals surface area contributed by atoms with Crippen molar-refractivity contribution in [3.05, 3.63) is 29.3 Å². The first-order valence-corrected chi connectivity index (χ1v) is 7.46. The highest BCUT2D eigenvalue weighted by atomic mass is 32.2. The lowest BCUT2D eigenvalue weighted by Crippen LogP contribution is -2.38. The summed E-state index contributed by atoms with van der Waals surface area (Å²) < 4.78 is 0.455. The van der Waals surface area contributed by atoms with Gasteiger partial charge in [-0.05, 0) is 32.0 Å². The number of carbonyl (C=O) groups excluding carboxylic acids is 3. The van der Waals surface area contributed by atoms with Crippen LogP contribution in [-0.2, 0) is 4.79 Å². The largest absolute Gasteiger partial charge is 0.295 e. The van der Waals surface area contributed by atoms with Crippen LogP contribution < -0.4 is 4.90 Å². The van der Waals surface area contributed by atoms with Crippen LogP contribution in [0.4, 0.5) is 5.69 Å². The number of amides is 1. The van der Waals surface area contributed by atoms with Crippen molar-refractivity contribution in [2.24, 2.45) is 0 Å². The van der Waals surface area contributed by atoms with Crippen LogP contribution in [0.2, 0.25) is 0 Å². The fraction of sp³-hybridized carbons (Fsp3) is 0.286. The predicted octanol–water partition coefficient (Wildman–Crippen LogP) is 2.85. The summed E-state index contributed by atoms with van der Waals surface area (Å²) in [6.07, 6.45) is 0.393. The second-order valence-corrected chi connectivity index (χ2v) is 6.20. The zero-order valence-corrected chi connectivity index (χ0v) is 12.8. The lowest BCUT2D eigenvalue weighted by atomic mass is 10.0. The first-order chi connectivity index (χ1) is 9.40. The molecule has 0 atom stereocenters. The van der Waals surface area contributed by atoms with E-state index in [-0.39, 0.29) is 17.5 Å². The topological polar surface area (TPSA) is 54.5 Å². The molecule has 6 heteroatoms. The van der Waals surface area contributed by atoms with Gasteiger partial charge in [0, 0.05) is 23.3 Å². The highest BCUT2D eigenvalue weighted by molar-refractivity contribution is 8.23. The number of anilines is 1. The zero-order chi connectivity index (χ0) is 14.9. The van der Waals surface area contributed by atoms with E-state index in [1.165, 1.54) is 30.5 Å². The van der Waals surface area contributed by atoms with Gasteiger partial charge in [0.2, 0.25) is 5.91 Å². The van der Waals surface area contributed by atoms with Crippen molar-refractivity contribution in [2.75, 3.05) is 10.7 Å². The number of Topliss-reactive ketones (excluding diaryl/α,β-unsaturated/α-hetero) is 2. The molecule has 1 aliphatic rings. The van der Waals surface area contributed by atoms with E-state index in [0.29, 0.717) is 33.3 Å². The molecule has 1 fully saturated rings. The Hall–Kier alpha value is -1.53. The van der Waals surface area contributed by atoms with Crippen molar-refractivity contribution in [3.63, 3.8) is 0 Å². The Labute approximate surface area is 126 Å². The van der Waals surface area contributed by atoms with Crippen molar-refractivity contribution >= 4 is 51.5 Å². The Morgan fingerprint density at radius 1 is 1.15 bits per heavy atom. The van der Waals surface area contributed by atoms with Crippen molar-refractivity contribution < 1.29 is 14.4 Å². The highest BCUT2D eigenvalue weighted by Gasteiger charge is 2.26. The summed E-state index contributed by atoms with van der Waals surface area (Å²) in [5, 5.41) is 0. The van der Waals surface area contributed by atoms with Crippen LogP contribution in [0.1, 0.15) is 41.0 Å². The standard InChI is InChI=1S/C14H13NO3S2/c1-8(16)10-5-11(9(2)17)7-12(6-10)15-13(18)3-4-20-14(15)19/h5-7H,3-4H2,1-2H3. The maximum Gasteiger partial charge on any atom is 0.233 e. The number of thiocarbonyl (C=S) groups is 1. The number of benzene rings is 1. The Balaban J connectivity index is 2.54. The van der Waals surface area contributed by atoms with Gasteiger partial charge in [-0.2, -0.15) is 0 Å². The van der Waals surface area contributed by atoms with E-state index in [4.69, 9.17) is 12.2 Å². The lowest BCUT2D eigenvalue weighted by Gasteiger charge is -2.27. The van der Waals surface area contributed by atoms with Crippen LogP contribution in [-0.4, -0.2) is 27.5 Å². The number of hydrogen-bond donors (Lipinski definition) is 0. The third kappa shape index (κ3) is 2.96. The summed E-state index contributed by atoms with van der Waals surface area (Å²) >= 11 is 6.62. The fourth-order valence-corrected chi connectivity index (χ4v) is 3.14. The van der Waals surface area contributed by atoms with E-state index in [2.05, 4.69) is 0 Å². The molecular weight excluding hydrogens is 294 g/mol. The number of carbonyl (C=O) groups is 3. The molecule has 2 rings (SSSR count). The fourth-order valence-electron chi connectivity index (χ4n) is 1.90. The average Bonchev–Trinajstić information content (AvgIpc) is 2.38. The molecular formula is C14H13NO3S2. The van der Waals surface area contributed by atoms with Crippen molar-refractivity contribution in [1.82, 2.24) is 0 Å². The summed E-state index contributed by atoms with van der Waals surface area (Å²) in [5.41, 5.74) is 1.29. The quantitative estimate of drug-likeness (QED) is 0.635. The monoisotopic (exact) mass is 307 g/mol. The second kappa shape index (κ2) is 5.85. The van der Waals surface area contributed by atoms with Gasteiger partial charge in [0.15, 0.2) is 11.6 Å². The van der Waals surface area contributed by atoms with E-state index >= 15 is 0 Å². The van der Waals surface area contributed by atoms with E-state index in [0.717, 1.165) is 0 Å². The van der Waals surface area contributed by atoms with Crippen molar-refractivity contribution in [1.29, 1.82) is 0 Å². The van der Waals surface area contributed by atoms with Crippen molar-refractivity contribution in [2.45, 2.75) is 20.3 Å². The number of rotatable bonds is 3. The molecule has 0 saturated carbocycles. The number of hydrogen-bond acceptors (Lipinski definition) is 5. The molecule has 1 heterocycles. The summed E-state index contributed by atoms with van der Waals surface area (Å²) in [5.74, 6) is 0.249. The molecule has 1 saturated heterocycles. The maximum atomic E-state index is 12.0. The molecule has 0 N–H and O–H groups in total. The van der Waals surface area contributed by atoms with E-state index in [1.807, 2.05) is 0 Å². The van der Waals surface area contributed by atoms with Crippen molar-refractivity contribution in [3.8, 4) is 0 Å². The molecule has 1 aromatic carbocycles. The Morgan fingerprint density at radius 3 is 2.15 bits per heavy atom. The lowest BCUT2D eigenvalue weighted by molar-refractivity contribution is -0.117. The molecule has 104 valence electrons. The second-order valence-electron chi connectivity index (χ2n) is 4.47. The minimum Gasteiger partial charge on any atom is -0.295 e. The zero-order valence-electron chi connectivity index (χ0n) is 11.1. The summed E-state index contributed by atoms with van der Waals surface area (Å²) in [6, 6.07) is 4.74. The SMILES string of the molecule is CC(=O)c1cc(C(C)=O)cc(N2C(=O)CCSC2=S)c1. The third-order valence-corrected chi connectivity index (χ3v) is 4.34. The maximum absolute atomic E-state index is 12.0. The predicted molar refractivity (Wildman–Crippen MR) is 83.6 cm³/mol. The van der Waals surface area contributed by atoms with Gasteiger partial charge in [-0.3, -0.25) is 19.3 Å². The van der Waals surface area contributed by atoms with Crippen LogP contribution in [0.5, 0.6) is 0 Å². The van der Waals surface area contributed by atoms with Gasteiger partial charge in [0.05, 0.1) is 5.69 Å². The van der Waals surface area contributed by atoms with E-state index in [1.54, 1.807) is 18.2 Å². The Kier molecular flexibility index (Phi) is 4.35. The smallest absolute Gasteiger partial charge is 0.233 e. The van der Waals surface area contributed by atoms with Crippen LogP contribution >= 0.6 is 24.0 Å². The number of ketones is 2. The molecule has 20 heavy (non-hydrogen) atoms. The van der Waals surface area contributed by atoms with Gasteiger partial charge in [0.25, 0.3) is 0 Å². The Morgan fingerprint density at radius 2 is 1.70 bits per heavy atom. The van der Waals surface area contributed by atoms with E-state index < -0.39 is 0 Å². The molecule has 0 bridgehead atoms. The van der Waals surface area contributed by atoms with Gasteiger partial charge in [0.1, 0.15) is 4.32 Å². The van der Waals surface area contributed by atoms with Gasteiger partial charge in [-0.25, -0.2) is 0 Å². The summed E-state index contributed by atoms with van der Waals surface area (Å²) in [6.45, 7) is 2.85. The van der Waals surface area contributed by atoms with Gasteiger partial charge in [-0.1, -0.05) is 24.0 Å². The first kappa shape index (κ1) is 14.9. The van der Waals surface area contributed by atoms with Gasteiger partial charge >= 0.3 is 0 Å². The first-order valence-electron chi connectivity index (χ1n) is 6.07. The van der Waals surface area contributed by atoms with Gasteiger partial charge < -0.3 is 0 Å². The molecule has 0 spiro atoms. The number of nitrogens with zero attached hydrogens (tertiary/aromatic N) is 1. The molecule has 0 aromatic heterocycles. The minimum atomic E-state index is -0.155. The number of thioether (sulfide) groups is 1. The highest BCUT2D eigenvalue weighted by Crippen LogP contribution is 2.28. The summed E-state index contributed by atoms with van der Waals surface area (Å²) in [4.78, 5) is 36.6. The molecule has 0 radical (unpaired) electrons. The molecule has 1 amide bonds. The molecule has 1 aliphatic heterocycles. The normalized spacial score (nSPS) is 15.4. The molecule has 0 unspecified atom stereocenters. The van der Waals surface area contributed by atoms with Crippen LogP contribution in [0.25, 0.3) is 0 Å². The molecule has 1 aromatic rings. The molecule has 4 nitrogen and oxygen atoms in total. The molecule has 0 aliphatic carbocycles. The van der Waals surface area contributed by atoms with Gasteiger partial charge in [-0.15, -0.1) is 0 Å². The average molecular weight is 307 g/mol. The Bertz CT molecular complexity index is 577. The summed E-state index contributed by atoms with van der Waals surface area (Å²) in [7, 11) is 0. The minimum absolute atomic E-state index is 0.107. The third-order valence-electron chi connectivity index (χ3n) is 2.96. The van der Waals surface area contributed by atoms with Crippen LogP contribution in [0.15, 0.2) is 18.2 Å². The van der Waals surface area contributed by atoms with Crippen LogP contribution in [0.3, 0.4) is 0 Å².